The zero-order valence-electron chi connectivity index (χ0n) is 24.3. The summed E-state index contributed by atoms with van der Waals surface area (Å²) in [6.45, 7) is 3.21. The Morgan fingerprint density at radius 2 is 1.59 bits per heavy atom. The number of ketones is 1. The number of rotatable bonds is 13. The van der Waals surface area contributed by atoms with Gasteiger partial charge in [0.2, 0.25) is 5.78 Å². The van der Waals surface area contributed by atoms with Crippen molar-refractivity contribution in [2.75, 3.05) is 6.54 Å². The van der Waals surface area contributed by atoms with E-state index in [-0.39, 0.29) is 18.1 Å². The molecule has 0 aliphatic carbocycles. The first-order valence-corrected chi connectivity index (χ1v) is 14.2. The van der Waals surface area contributed by atoms with E-state index in [0.29, 0.717) is 42.5 Å². The van der Waals surface area contributed by atoms with Crippen LogP contribution in [0.15, 0.2) is 116 Å². The molecule has 7 nitrogen and oxygen atoms in total. The first kappa shape index (κ1) is 30.1. The van der Waals surface area contributed by atoms with Crippen LogP contribution in [-0.2, 0) is 24.4 Å². The number of carboxylic acids is 1. The van der Waals surface area contributed by atoms with Crippen LogP contribution in [0, 0.1) is 12.7 Å². The van der Waals surface area contributed by atoms with Crippen molar-refractivity contribution in [2.24, 2.45) is 0 Å². The van der Waals surface area contributed by atoms with Crippen LogP contribution in [0.2, 0.25) is 0 Å². The van der Waals surface area contributed by atoms with Crippen molar-refractivity contribution in [1.29, 1.82) is 0 Å². The molecular formula is C36H32FN3O4. The quantitative estimate of drug-likeness (QED) is 0.147. The molecule has 0 spiro atoms. The third-order valence-electron chi connectivity index (χ3n) is 6.94. The molecule has 0 atom stereocenters. The van der Waals surface area contributed by atoms with Crippen LogP contribution in [0.25, 0.3) is 6.08 Å². The summed E-state index contributed by atoms with van der Waals surface area (Å²) in [4.78, 5) is 30.7. The molecule has 5 aromatic rings. The van der Waals surface area contributed by atoms with Gasteiger partial charge in [-0.1, -0.05) is 78.4 Å². The van der Waals surface area contributed by atoms with Crippen molar-refractivity contribution in [1.82, 2.24) is 14.5 Å². The van der Waals surface area contributed by atoms with Gasteiger partial charge in [-0.25, -0.2) is 9.37 Å². The summed E-state index contributed by atoms with van der Waals surface area (Å²) in [5.74, 6) is 0.149. The maximum absolute atomic E-state index is 13.2. The number of hydrogen-bond acceptors (Lipinski definition) is 5. The maximum atomic E-state index is 13.2. The summed E-state index contributed by atoms with van der Waals surface area (Å²) in [5, 5.41) is 9.54. The van der Waals surface area contributed by atoms with Gasteiger partial charge in [0.25, 0.3) is 0 Å². The largest absolute Gasteiger partial charge is 0.480 e. The number of halogens is 1. The van der Waals surface area contributed by atoms with Crippen molar-refractivity contribution in [3.05, 3.63) is 155 Å². The van der Waals surface area contributed by atoms with Crippen LogP contribution < -0.4 is 4.74 Å². The standard InChI is InChI=1S/C36H32FN3O4/c1-26-7-11-30(12-8-26)35(43)36-38-19-21-40(36)20-3-6-27-4-2-5-29(22-27)24-39(25-34(41)42)23-28-9-15-32(16-10-28)44-33-17-13-31(37)14-18-33/h2-19,21-22H,20,23-25H2,1H3,(H,41,42)/b6-3+. The van der Waals surface area contributed by atoms with Crippen LogP contribution in [0.3, 0.4) is 0 Å². The lowest BCUT2D eigenvalue weighted by Gasteiger charge is -2.21. The first-order chi connectivity index (χ1) is 21.3. The van der Waals surface area contributed by atoms with E-state index in [2.05, 4.69) is 4.98 Å². The zero-order chi connectivity index (χ0) is 30.9. The Morgan fingerprint density at radius 1 is 0.909 bits per heavy atom. The molecule has 0 amide bonds. The Morgan fingerprint density at radius 3 is 2.30 bits per heavy atom. The minimum absolute atomic E-state index is 0.119. The summed E-state index contributed by atoms with van der Waals surface area (Å²) < 4.78 is 20.7. The average Bonchev–Trinajstić information content (AvgIpc) is 3.48. The van der Waals surface area contributed by atoms with Crippen molar-refractivity contribution in [3.8, 4) is 11.5 Å². The molecule has 0 fully saturated rings. The molecule has 5 rings (SSSR count). The van der Waals surface area contributed by atoms with Crippen molar-refractivity contribution < 1.29 is 23.8 Å². The molecule has 1 aromatic heterocycles. The summed E-state index contributed by atoms with van der Waals surface area (Å²) >= 11 is 0. The van der Waals surface area contributed by atoms with Gasteiger partial charge in [0.15, 0.2) is 5.82 Å². The number of aromatic nitrogens is 2. The predicted molar refractivity (Wildman–Crippen MR) is 167 cm³/mol. The number of carbonyl (C=O) groups excluding carboxylic acids is 1. The van der Waals surface area contributed by atoms with Crippen LogP contribution in [0.4, 0.5) is 4.39 Å². The second kappa shape index (κ2) is 14.2. The van der Waals surface area contributed by atoms with Gasteiger partial charge < -0.3 is 14.4 Å². The second-order valence-corrected chi connectivity index (χ2v) is 10.5. The first-order valence-electron chi connectivity index (χ1n) is 14.2. The van der Waals surface area contributed by atoms with Gasteiger partial charge in [0.1, 0.15) is 17.3 Å². The highest BCUT2D eigenvalue weighted by Crippen LogP contribution is 2.23. The van der Waals surface area contributed by atoms with Gasteiger partial charge >= 0.3 is 5.97 Å². The maximum Gasteiger partial charge on any atom is 0.317 e. The highest BCUT2D eigenvalue weighted by atomic mass is 19.1. The van der Waals surface area contributed by atoms with E-state index in [0.717, 1.165) is 22.3 Å². The highest BCUT2D eigenvalue weighted by Gasteiger charge is 2.15. The zero-order valence-corrected chi connectivity index (χ0v) is 24.3. The number of allylic oxidation sites excluding steroid dienone is 1. The molecule has 0 bridgehead atoms. The lowest BCUT2D eigenvalue weighted by Crippen LogP contribution is -2.29. The highest BCUT2D eigenvalue weighted by molar-refractivity contribution is 6.06. The SMILES string of the molecule is Cc1ccc(C(=O)c2nccn2C/C=C/c2cccc(CN(CC(=O)O)Cc3ccc(Oc4ccc(F)cc4)cc3)c2)cc1. The molecule has 0 aliphatic heterocycles. The van der Waals surface area contributed by atoms with Crippen molar-refractivity contribution >= 4 is 17.8 Å². The molecule has 0 radical (unpaired) electrons. The van der Waals surface area contributed by atoms with Gasteiger partial charge in [-0.3, -0.25) is 14.5 Å². The van der Waals surface area contributed by atoms with Crippen LogP contribution in [0.1, 0.15) is 38.4 Å². The Kier molecular flexibility index (Phi) is 9.74. The van der Waals surface area contributed by atoms with E-state index in [4.69, 9.17) is 4.74 Å². The average molecular weight is 590 g/mol. The molecule has 8 heteroatoms. The number of aryl methyl sites for hydroxylation is 1. The Hall–Kier alpha value is -5.34. The van der Waals surface area contributed by atoms with Crippen LogP contribution >= 0.6 is 0 Å². The number of benzene rings is 4. The van der Waals surface area contributed by atoms with E-state index in [9.17, 15) is 19.1 Å². The van der Waals surface area contributed by atoms with E-state index < -0.39 is 5.97 Å². The number of carbonyl (C=O) groups is 2. The molecule has 1 N–H and O–H groups in total. The fourth-order valence-electron chi connectivity index (χ4n) is 4.77. The monoisotopic (exact) mass is 589 g/mol. The van der Waals surface area contributed by atoms with Gasteiger partial charge in [-0.2, -0.15) is 0 Å². The van der Waals surface area contributed by atoms with Crippen molar-refractivity contribution in [3.63, 3.8) is 0 Å². The van der Waals surface area contributed by atoms with Gasteiger partial charge in [0.05, 0.1) is 6.54 Å². The van der Waals surface area contributed by atoms with Crippen LogP contribution in [0.5, 0.6) is 11.5 Å². The second-order valence-electron chi connectivity index (χ2n) is 10.5. The predicted octanol–water partition coefficient (Wildman–Crippen LogP) is 7.15. The van der Waals surface area contributed by atoms with Gasteiger partial charge in [0, 0.05) is 37.6 Å². The normalized spacial score (nSPS) is 11.2. The molecule has 0 unspecified atom stereocenters. The number of imidazole rings is 1. The third kappa shape index (κ3) is 8.36. The van der Waals surface area contributed by atoms with Crippen LogP contribution in [-0.4, -0.2) is 37.9 Å². The van der Waals surface area contributed by atoms with E-state index in [1.165, 1.54) is 12.1 Å². The Balaban J connectivity index is 1.21. The number of ether oxygens (including phenoxy) is 1. The molecule has 0 saturated carbocycles. The molecular weight excluding hydrogens is 557 g/mol. The summed E-state index contributed by atoms with van der Waals surface area (Å²) in [5.41, 5.74) is 4.56. The minimum atomic E-state index is -0.909. The minimum Gasteiger partial charge on any atom is -0.480 e. The number of aliphatic carboxylic acids is 1. The smallest absolute Gasteiger partial charge is 0.317 e. The lowest BCUT2D eigenvalue weighted by molar-refractivity contribution is -0.138. The van der Waals surface area contributed by atoms with Gasteiger partial charge in [-0.15, -0.1) is 0 Å². The Labute approximate surface area is 255 Å². The van der Waals surface area contributed by atoms with E-state index in [1.54, 1.807) is 24.5 Å². The summed E-state index contributed by atoms with van der Waals surface area (Å²) in [6, 6.07) is 28.6. The van der Waals surface area contributed by atoms with E-state index in [1.807, 2.05) is 101 Å². The van der Waals surface area contributed by atoms with E-state index >= 15 is 0 Å². The third-order valence-corrected chi connectivity index (χ3v) is 6.94. The molecule has 4 aromatic carbocycles. The lowest BCUT2D eigenvalue weighted by atomic mass is 10.1. The fraction of sp³-hybridized carbons (Fsp3) is 0.139. The summed E-state index contributed by atoms with van der Waals surface area (Å²) in [6.07, 6.45) is 7.36. The Bertz CT molecular complexity index is 1740. The number of hydrogen-bond donors (Lipinski definition) is 1. The van der Waals surface area contributed by atoms with Crippen molar-refractivity contribution in [2.45, 2.75) is 26.6 Å². The summed E-state index contributed by atoms with van der Waals surface area (Å²) in [7, 11) is 0. The van der Waals surface area contributed by atoms with Gasteiger partial charge in [-0.05, 0) is 60.0 Å². The fourth-order valence-corrected chi connectivity index (χ4v) is 4.77. The number of nitrogens with zero attached hydrogens (tertiary/aromatic N) is 3. The number of carboxylic acid groups (broad SMARTS) is 1. The molecule has 1 heterocycles. The molecule has 44 heavy (non-hydrogen) atoms. The topological polar surface area (TPSA) is 84.7 Å². The molecule has 0 aliphatic rings. The molecule has 222 valence electrons. The molecule has 0 saturated heterocycles.